The first-order valence-corrected chi connectivity index (χ1v) is 11.0. The molecule has 0 saturated carbocycles. The zero-order valence-corrected chi connectivity index (χ0v) is 19.6. The molecule has 0 unspecified atom stereocenters. The van der Waals surface area contributed by atoms with Gasteiger partial charge in [0, 0.05) is 30.1 Å². The predicted molar refractivity (Wildman–Crippen MR) is 128 cm³/mol. The number of rotatable bonds is 4. The van der Waals surface area contributed by atoms with Crippen molar-refractivity contribution in [1.82, 2.24) is 24.7 Å². The molecule has 4 aromatic rings. The molecule has 4 rings (SSSR count). The summed E-state index contributed by atoms with van der Waals surface area (Å²) < 4.78 is 1.28. The van der Waals surface area contributed by atoms with Crippen LogP contribution in [-0.4, -0.2) is 30.6 Å². The van der Waals surface area contributed by atoms with Gasteiger partial charge in [0.2, 0.25) is 0 Å². The summed E-state index contributed by atoms with van der Waals surface area (Å²) in [6, 6.07) is 8.47. The molecule has 0 bridgehead atoms. The van der Waals surface area contributed by atoms with E-state index in [9.17, 15) is 14.4 Å². The number of hydrogen-bond donors (Lipinski definition) is 2. The number of nitrogens with one attached hydrogen (secondary N) is 2. The zero-order chi connectivity index (χ0) is 23.9. The van der Waals surface area contributed by atoms with Crippen LogP contribution < -0.4 is 16.4 Å². The van der Waals surface area contributed by atoms with Crippen molar-refractivity contribution in [2.45, 2.75) is 27.7 Å². The fourth-order valence-electron chi connectivity index (χ4n) is 3.46. The molecule has 33 heavy (non-hydrogen) atoms. The van der Waals surface area contributed by atoms with Gasteiger partial charge in [-0.05, 0) is 45.4 Å². The summed E-state index contributed by atoms with van der Waals surface area (Å²) in [5.74, 6) is 0.0890. The maximum atomic E-state index is 13.0. The lowest BCUT2D eigenvalue weighted by atomic mass is 10.1. The fraction of sp³-hybridized carbons (Fsp3) is 0.217. The predicted octanol–water partition coefficient (Wildman–Crippen LogP) is 3.14. The lowest BCUT2D eigenvalue weighted by molar-refractivity contribution is 0.103. The quantitative estimate of drug-likeness (QED) is 0.480. The smallest absolute Gasteiger partial charge is 0.277 e. The van der Waals surface area contributed by atoms with E-state index < -0.39 is 0 Å². The summed E-state index contributed by atoms with van der Waals surface area (Å²) in [5.41, 5.74) is 3.77. The van der Waals surface area contributed by atoms with Crippen molar-refractivity contribution in [1.29, 1.82) is 0 Å². The van der Waals surface area contributed by atoms with E-state index in [4.69, 9.17) is 0 Å². The molecule has 0 aliphatic rings. The first-order valence-electron chi connectivity index (χ1n) is 10.2. The standard InChI is InChI=1S/C23H22N6O3S/c1-11-9-17(30)27-20(24-11)15-7-6-8-16(10-15)26-21(31)19-14(4)25-22(33-19)18-12(2)13(3)28-29(5)23(18)32/h6-10H,1-5H3,(H,26,31)(H,24,27,30). The van der Waals surface area contributed by atoms with Gasteiger partial charge in [-0.1, -0.05) is 12.1 Å². The summed E-state index contributed by atoms with van der Waals surface area (Å²) in [5, 5.41) is 7.55. The lowest BCUT2D eigenvalue weighted by Gasteiger charge is -2.07. The highest BCUT2D eigenvalue weighted by atomic mass is 32.1. The van der Waals surface area contributed by atoms with Crippen molar-refractivity contribution in [3.63, 3.8) is 0 Å². The number of benzene rings is 1. The van der Waals surface area contributed by atoms with Gasteiger partial charge in [-0.2, -0.15) is 5.10 Å². The number of carbonyl (C=O) groups excluding carboxylic acids is 1. The van der Waals surface area contributed by atoms with E-state index in [0.29, 0.717) is 43.9 Å². The average molecular weight is 463 g/mol. The molecule has 9 nitrogen and oxygen atoms in total. The summed E-state index contributed by atoms with van der Waals surface area (Å²) >= 11 is 1.17. The number of thiazole rings is 1. The van der Waals surface area contributed by atoms with Gasteiger partial charge in [0.25, 0.3) is 17.0 Å². The third-order valence-corrected chi connectivity index (χ3v) is 6.38. The van der Waals surface area contributed by atoms with Crippen molar-refractivity contribution >= 4 is 22.9 Å². The van der Waals surface area contributed by atoms with Crippen molar-refractivity contribution < 1.29 is 4.79 Å². The summed E-state index contributed by atoms with van der Waals surface area (Å²) in [7, 11) is 1.59. The number of carbonyl (C=O) groups is 1. The maximum absolute atomic E-state index is 13.0. The van der Waals surface area contributed by atoms with Gasteiger partial charge in [0.05, 0.1) is 17.0 Å². The van der Waals surface area contributed by atoms with Gasteiger partial charge in [-0.3, -0.25) is 14.4 Å². The summed E-state index contributed by atoms with van der Waals surface area (Å²) in [6.07, 6.45) is 0. The molecule has 0 spiro atoms. The summed E-state index contributed by atoms with van der Waals surface area (Å²) in [6.45, 7) is 7.13. The van der Waals surface area contributed by atoms with Crippen LogP contribution in [0.3, 0.4) is 0 Å². The van der Waals surface area contributed by atoms with Gasteiger partial charge in [0.1, 0.15) is 15.7 Å². The minimum Gasteiger partial charge on any atom is -0.321 e. The molecule has 0 saturated heterocycles. The Kier molecular flexibility index (Phi) is 5.77. The van der Waals surface area contributed by atoms with E-state index in [0.717, 1.165) is 11.3 Å². The highest BCUT2D eigenvalue weighted by Crippen LogP contribution is 2.29. The Morgan fingerprint density at radius 1 is 1.06 bits per heavy atom. The SMILES string of the molecule is Cc1cc(=O)[nH]c(-c2cccc(NC(=O)c3sc(-c4c(C)c(C)nn(C)c4=O)nc3C)c2)n1. The Morgan fingerprint density at radius 3 is 2.55 bits per heavy atom. The molecule has 3 aromatic heterocycles. The number of aromatic amines is 1. The van der Waals surface area contributed by atoms with Crippen LogP contribution in [0.2, 0.25) is 0 Å². The highest BCUT2D eigenvalue weighted by molar-refractivity contribution is 7.17. The van der Waals surface area contributed by atoms with Crippen LogP contribution in [0.5, 0.6) is 0 Å². The van der Waals surface area contributed by atoms with E-state index in [-0.39, 0.29) is 17.0 Å². The second kappa shape index (κ2) is 8.55. The minimum absolute atomic E-state index is 0.243. The number of anilines is 1. The second-order valence-corrected chi connectivity index (χ2v) is 8.72. The maximum Gasteiger partial charge on any atom is 0.277 e. The monoisotopic (exact) mass is 462 g/mol. The molecule has 0 fully saturated rings. The molecule has 0 atom stereocenters. The van der Waals surface area contributed by atoms with Crippen molar-refractivity contribution in [3.8, 4) is 22.0 Å². The van der Waals surface area contributed by atoms with Crippen molar-refractivity contribution in [2.75, 3.05) is 5.32 Å². The normalized spacial score (nSPS) is 10.9. The molecular weight excluding hydrogens is 440 g/mol. The Balaban J connectivity index is 1.66. The minimum atomic E-state index is -0.334. The highest BCUT2D eigenvalue weighted by Gasteiger charge is 2.21. The Hall–Kier alpha value is -3.92. The average Bonchev–Trinajstić information content (AvgIpc) is 3.13. The van der Waals surface area contributed by atoms with Gasteiger partial charge in [0.15, 0.2) is 0 Å². The molecule has 3 heterocycles. The van der Waals surface area contributed by atoms with Crippen LogP contribution in [-0.2, 0) is 7.05 Å². The van der Waals surface area contributed by atoms with E-state index in [2.05, 4.69) is 25.4 Å². The number of H-pyrrole nitrogens is 1. The molecule has 0 aliphatic carbocycles. The zero-order valence-electron chi connectivity index (χ0n) is 18.8. The van der Waals surface area contributed by atoms with Crippen LogP contribution in [0, 0.1) is 27.7 Å². The lowest BCUT2D eigenvalue weighted by Crippen LogP contribution is -2.23. The van der Waals surface area contributed by atoms with Gasteiger partial charge >= 0.3 is 0 Å². The number of nitrogens with zero attached hydrogens (tertiary/aromatic N) is 4. The van der Waals surface area contributed by atoms with Crippen LogP contribution in [0.25, 0.3) is 22.0 Å². The Labute approximate surface area is 193 Å². The molecule has 0 radical (unpaired) electrons. The van der Waals surface area contributed by atoms with Crippen molar-refractivity contribution in [3.05, 3.63) is 78.6 Å². The van der Waals surface area contributed by atoms with Gasteiger partial charge < -0.3 is 10.3 Å². The third-order valence-electron chi connectivity index (χ3n) is 5.21. The first kappa shape index (κ1) is 22.3. The third kappa shape index (κ3) is 4.37. The van der Waals surface area contributed by atoms with E-state index in [1.807, 2.05) is 13.8 Å². The van der Waals surface area contributed by atoms with Gasteiger partial charge in [-0.15, -0.1) is 11.3 Å². The Bertz CT molecular complexity index is 1520. The topological polar surface area (TPSA) is 123 Å². The van der Waals surface area contributed by atoms with E-state index in [1.165, 1.54) is 22.1 Å². The number of hydrogen-bond acceptors (Lipinski definition) is 7. The van der Waals surface area contributed by atoms with Crippen LogP contribution in [0.1, 0.15) is 32.3 Å². The van der Waals surface area contributed by atoms with E-state index in [1.54, 1.807) is 45.2 Å². The second-order valence-electron chi connectivity index (χ2n) is 7.72. The van der Waals surface area contributed by atoms with Crippen LogP contribution in [0.4, 0.5) is 5.69 Å². The van der Waals surface area contributed by atoms with Gasteiger partial charge in [-0.25, -0.2) is 14.6 Å². The Morgan fingerprint density at radius 2 is 1.82 bits per heavy atom. The molecule has 1 amide bonds. The van der Waals surface area contributed by atoms with E-state index >= 15 is 0 Å². The molecule has 10 heteroatoms. The molecular formula is C23H22N6O3S. The molecule has 168 valence electrons. The summed E-state index contributed by atoms with van der Waals surface area (Å²) in [4.78, 5) is 49.5. The number of amides is 1. The number of aromatic nitrogens is 5. The van der Waals surface area contributed by atoms with Crippen LogP contribution in [0.15, 0.2) is 39.9 Å². The fourth-order valence-corrected chi connectivity index (χ4v) is 4.52. The van der Waals surface area contributed by atoms with Crippen LogP contribution >= 0.6 is 11.3 Å². The van der Waals surface area contributed by atoms with Crippen molar-refractivity contribution in [2.24, 2.45) is 7.05 Å². The molecule has 1 aromatic carbocycles. The first-order chi connectivity index (χ1) is 15.6. The number of aryl methyl sites for hydroxylation is 4. The molecule has 0 aliphatic heterocycles. The largest absolute Gasteiger partial charge is 0.321 e. The molecule has 2 N–H and O–H groups in total.